The normalized spacial score (nSPS) is 16.2. The van der Waals surface area contributed by atoms with E-state index in [-0.39, 0.29) is 18.2 Å². The van der Waals surface area contributed by atoms with Gasteiger partial charge in [-0.05, 0) is 26.3 Å². The van der Waals surface area contributed by atoms with E-state index < -0.39 is 0 Å². The lowest BCUT2D eigenvalue weighted by Gasteiger charge is -2.26. The summed E-state index contributed by atoms with van der Waals surface area (Å²) in [6.45, 7) is 7.31. The largest absolute Gasteiger partial charge is 0.340 e. The van der Waals surface area contributed by atoms with Crippen LogP contribution in [0, 0.1) is 20.8 Å². The number of hydrogen-bond acceptors (Lipinski definition) is 3. The molecule has 0 aliphatic carbocycles. The number of amides is 1. The molecule has 0 aromatic carbocycles. The fraction of sp³-hybridized carbons (Fsp3) is 0.615. The summed E-state index contributed by atoms with van der Waals surface area (Å²) in [5, 5.41) is 4.36. The summed E-state index contributed by atoms with van der Waals surface area (Å²) in [5.74, 6) is 0.300. The Hall–Kier alpha value is -1.65. The van der Waals surface area contributed by atoms with Crippen LogP contribution in [0.5, 0.6) is 0 Å². The topological polar surface area (TPSA) is 55.2 Å². The highest BCUT2D eigenvalue weighted by atomic mass is 16.2. The van der Waals surface area contributed by atoms with Gasteiger partial charge in [0.15, 0.2) is 0 Å². The molecule has 18 heavy (non-hydrogen) atoms. The van der Waals surface area contributed by atoms with Gasteiger partial charge in [-0.25, -0.2) is 0 Å². The first-order chi connectivity index (χ1) is 8.49. The molecule has 0 N–H and O–H groups in total. The predicted molar refractivity (Wildman–Crippen MR) is 67.3 cm³/mol. The molecule has 1 saturated heterocycles. The van der Waals surface area contributed by atoms with E-state index in [4.69, 9.17) is 0 Å². The van der Waals surface area contributed by atoms with Crippen LogP contribution in [0.4, 0.5) is 0 Å². The highest BCUT2D eigenvalue weighted by Gasteiger charge is 2.21. The van der Waals surface area contributed by atoms with Crippen LogP contribution in [0.2, 0.25) is 0 Å². The number of likely N-dealkylation sites (tertiary alicyclic amines) is 1. The number of carbonyl (C=O) groups excluding carboxylic acids is 2. The lowest BCUT2D eigenvalue weighted by molar-refractivity contribution is -0.135. The average molecular weight is 249 g/mol. The number of rotatable bonds is 2. The molecule has 0 atom stereocenters. The second-order valence-corrected chi connectivity index (χ2v) is 4.87. The number of ketones is 1. The summed E-state index contributed by atoms with van der Waals surface area (Å²) in [4.78, 5) is 25.0. The van der Waals surface area contributed by atoms with Crippen LogP contribution in [-0.4, -0.2) is 39.5 Å². The third kappa shape index (κ3) is 2.44. The minimum atomic E-state index is 0.0492. The zero-order chi connectivity index (χ0) is 13.3. The Morgan fingerprint density at radius 3 is 2.33 bits per heavy atom. The molecule has 2 rings (SSSR count). The van der Waals surface area contributed by atoms with Gasteiger partial charge in [-0.1, -0.05) is 0 Å². The molecular formula is C13H19N3O2. The quantitative estimate of drug-likeness (QED) is 0.785. The fourth-order valence-corrected chi connectivity index (χ4v) is 2.17. The van der Waals surface area contributed by atoms with Gasteiger partial charge in [0.2, 0.25) is 5.91 Å². The highest BCUT2D eigenvalue weighted by Crippen LogP contribution is 2.12. The molecule has 0 bridgehead atoms. The van der Waals surface area contributed by atoms with E-state index in [1.807, 2.05) is 20.8 Å². The van der Waals surface area contributed by atoms with E-state index in [1.165, 1.54) is 0 Å². The van der Waals surface area contributed by atoms with E-state index in [0.717, 1.165) is 17.0 Å². The summed E-state index contributed by atoms with van der Waals surface area (Å²) in [7, 11) is 0. The fourth-order valence-electron chi connectivity index (χ4n) is 2.17. The number of piperidine rings is 1. The molecule has 1 aromatic heterocycles. The standard InChI is InChI=1S/C13H19N3O2/c1-9-10(2)14-16(11(9)3)8-13(18)15-6-4-12(17)5-7-15/h4-8H2,1-3H3. The summed E-state index contributed by atoms with van der Waals surface area (Å²) in [6, 6.07) is 0. The van der Waals surface area contributed by atoms with Crippen molar-refractivity contribution in [3.05, 3.63) is 17.0 Å². The maximum atomic E-state index is 12.1. The lowest BCUT2D eigenvalue weighted by atomic mass is 10.1. The molecule has 2 heterocycles. The molecule has 1 amide bonds. The summed E-state index contributed by atoms with van der Waals surface area (Å²) in [6.07, 6.45) is 0.976. The molecule has 0 radical (unpaired) electrons. The van der Waals surface area contributed by atoms with Gasteiger partial charge in [-0.2, -0.15) is 5.10 Å². The molecular weight excluding hydrogens is 230 g/mol. The number of aryl methyl sites for hydroxylation is 1. The second kappa shape index (κ2) is 4.92. The van der Waals surface area contributed by atoms with Gasteiger partial charge in [0, 0.05) is 31.6 Å². The number of carbonyl (C=O) groups is 2. The number of nitrogens with zero attached hydrogens (tertiary/aromatic N) is 3. The molecule has 98 valence electrons. The molecule has 1 fully saturated rings. The molecule has 1 aromatic rings. The lowest BCUT2D eigenvalue weighted by Crippen LogP contribution is -2.40. The number of Topliss-reactive ketones (excluding diaryl/α,β-unsaturated/α-hetero) is 1. The van der Waals surface area contributed by atoms with Crippen molar-refractivity contribution in [2.45, 2.75) is 40.2 Å². The molecule has 1 aliphatic heterocycles. The maximum absolute atomic E-state index is 12.1. The molecule has 0 saturated carbocycles. The summed E-state index contributed by atoms with van der Waals surface area (Å²) in [5.41, 5.74) is 3.14. The molecule has 0 spiro atoms. The van der Waals surface area contributed by atoms with Crippen molar-refractivity contribution in [1.82, 2.24) is 14.7 Å². The van der Waals surface area contributed by atoms with E-state index in [2.05, 4.69) is 5.10 Å². The van der Waals surface area contributed by atoms with Crippen LogP contribution in [0.1, 0.15) is 29.8 Å². The van der Waals surface area contributed by atoms with Crippen LogP contribution >= 0.6 is 0 Å². The van der Waals surface area contributed by atoms with Crippen molar-refractivity contribution in [3.63, 3.8) is 0 Å². The van der Waals surface area contributed by atoms with Crippen molar-refractivity contribution in [3.8, 4) is 0 Å². The third-order valence-corrected chi connectivity index (χ3v) is 3.70. The van der Waals surface area contributed by atoms with Gasteiger partial charge in [0.25, 0.3) is 0 Å². The Bertz CT molecular complexity index is 481. The Kier molecular flexibility index (Phi) is 3.50. The zero-order valence-electron chi connectivity index (χ0n) is 11.2. The minimum absolute atomic E-state index is 0.0492. The monoisotopic (exact) mass is 249 g/mol. The summed E-state index contributed by atoms with van der Waals surface area (Å²) >= 11 is 0. The van der Waals surface area contributed by atoms with E-state index in [1.54, 1.807) is 9.58 Å². The van der Waals surface area contributed by atoms with E-state index in [0.29, 0.717) is 25.9 Å². The number of hydrogen-bond donors (Lipinski definition) is 0. The van der Waals surface area contributed by atoms with Crippen LogP contribution < -0.4 is 0 Å². The highest BCUT2D eigenvalue weighted by molar-refractivity contribution is 5.83. The minimum Gasteiger partial charge on any atom is -0.340 e. The van der Waals surface area contributed by atoms with Gasteiger partial charge in [-0.15, -0.1) is 0 Å². The van der Waals surface area contributed by atoms with Crippen molar-refractivity contribution in [1.29, 1.82) is 0 Å². The van der Waals surface area contributed by atoms with Crippen molar-refractivity contribution in [2.75, 3.05) is 13.1 Å². The Morgan fingerprint density at radius 1 is 1.22 bits per heavy atom. The molecule has 5 heteroatoms. The molecule has 1 aliphatic rings. The van der Waals surface area contributed by atoms with Gasteiger partial charge < -0.3 is 4.90 Å². The van der Waals surface area contributed by atoms with Crippen molar-refractivity contribution >= 4 is 11.7 Å². The van der Waals surface area contributed by atoms with Gasteiger partial charge >= 0.3 is 0 Å². The van der Waals surface area contributed by atoms with Crippen LogP contribution in [-0.2, 0) is 16.1 Å². The van der Waals surface area contributed by atoms with Gasteiger partial charge in [0.05, 0.1) is 5.69 Å². The number of aromatic nitrogens is 2. The summed E-state index contributed by atoms with van der Waals surface area (Å²) < 4.78 is 1.75. The average Bonchev–Trinajstić information content (AvgIpc) is 2.58. The predicted octanol–water partition coefficient (Wildman–Crippen LogP) is 1.000. The smallest absolute Gasteiger partial charge is 0.244 e. The molecule has 0 unspecified atom stereocenters. The van der Waals surface area contributed by atoms with Gasteiger partial charge in [0.1, 0.15) is 12.3 Å². The first-order valence-corrected chi connectivity index (χ1v) is 6.29. The first-order valence-electron chi connectivity index (χ1n) is 6.29. The second-order valence-electron chi connectivity index (χ2n) is 4.87. The first kappa shape index (κ1) is 12.8. The van der Waals surface area contributed by atoms with E-state index >= 15 is 0 Å². The SMILES string of the molecule is Cc1nn(CC(=O)N2CCC(=O)CC2)c(C)c1C. The van der Waals surface area contributed by atoms with Crippen LogP contribution in [0.25, 0.3) is 0 Å². The van der Waals surface area contributed by atoms with Gasteiger partial charge in [-0.3, -0.25) is 14.3 Å². The van der Waals surface area contributed by atoms with Crippen molar-refractivity contribution in [2.24, 2.45) is 0 Å². The Labute approximate surface area is 107 Å². The Balaban J connectivity index is 2.03. The molecule has 5 nitrogen and oxygen atoms in total. The third-order valence-electron chi connectivity index (χ3n) is 3.70. The zero-order valence-corrected chi connectivity index (χ0v) is 11.2. The van der Waals surface area contributed by atoms with Crippen molar-refractivity contribution < 1.29 is 9.59 Å². The van der Waals surface area contributed by atoms with Crippen LogP contribution in [0.3, 0.4) is 0 Å². The maximum Gasteiger partial charge on any atom is 0.244 e. The Morgan fingerprint density at radius 2 is 1.83 bits per heavy atom. The van der Waals surface area contributed by atoms with Crippen LogP contribution in [0.15, 0.2) is 0 Å². The van der Waals surface area contributed by atoms with E-state index in [9.17, 15) is 9.59 Å².